The van der Waals surface area contributed by atoms with Crippen molar-refractivity contribution >= 4 is 11.9 Å². The minimum absolute atomic E-state index is 0.147. The van der Waals surface area contributed by atoms with E-state index < -0.39 is 0 Å². The van der Waals surface area contributed by atoms with Crippen molar-refractivity contribution in [1.29, 1.82) is 0 Å². The number of nitrogens with zero attached hydrogens (tertiary/aromatic N) is 2. The van der Waals surface area contributed by atoms with Gasteiger partial charge in [-0.05, 0) is 23.8 Å². The number of amides is 1. The van der Waals surface area contributed by atoms with Crippen LogP contribution in [0.25, 0.3) is 0 Å². The summed E-state index contributed by atoms with van der Waals surface area (Å²) in [5.74, 6) is 0.938. The van der Waals surface area contributed by atoms with Crippen molar-refractivity contribution in [1.82, 2.24) is 9.97 Å². The first kappa shape index (κ1) is 12.0. The average Bonchev–Trinajstić information content (AvgIpc) is 2.40. The first-order valence-electron chi connectivity index (χ1n) is 5.48. The number of hydrogen-bond donors (Lipinski definition) is 1. The van der Waals surface area contributed by atoms with Crippen LogP contribution < -0.4 is 10.1 Å². The highest BCUT2D eigenvalue weighted by Crippen LogP contribution is 2.11. The lowest BCUT2D eigenvalue weighted by molar-refractivity contribution is -0.115. The maximum absolute atomic E-state index is 11.7. The van der Waals surface area contributed by atoms with Crippen molar-refractivity contribution in [2.75, 3.05) is 12.4 Å². The largest absolute Gasteiger partial charge is 0.497 e. The molecule has 0 aliphatic carbocycles. The third kappa shape index (κ3) is 3.28. The van der Waals surface area contributed by atoms with E-state index in [4.69, 9.17) is 4.74 Å². The van der Waals surface area contributed by atoms with E-state index in [1.54, 1.807) is 25.6 Å². The molecule has 5 heteroatoms. The number of carbonyl (C=O) groups is 1. The molecule has 0 radical (unpaired) electrons. The first-order valence-corrected chi connectivity index (χ1v) is 5.48. The van der Waals surface area contributed by atoms with Crippen molar-refractivity contribution < 1.29 is 9.53 Å². The van der Waals surface area contributed by atoms with Crippen LogP contribution >= 0.6 is 0 Å². The van der Waals surface area contributed by atoms with Crippen molar-refractivity contribution in [2.24, 2.45) is 0 Å². The van der Waals surface area contributed by atoms with E-state index in [1.807, 2.05) is 24.3 Å². The topological polar surface area (TPSA) is 64.1 Å². The van der Waals surface area contributed by atoms with Gasteiger partial charge in [-0.3, -0.25) is 10.1 Å². The molecule has 0 saturated heterocycles. The van der Waals surface area contributed by atoms with Gasteiger partial charge in [-0.15, -0.1) is 0 Å². The summed E-state index contributed by atoms with van der Waals surface area (Å²) in [4.78, 5) is 19.6. The van der Waals surface area contributed by atoms with Gasteiger partial charge >= 0.3 is 0 Å². The quantitative estimate of drug-likeness (QED) is 0.887. The van der Waals surface area contributed by atoms with Crippen LogP contribution in [0.15, 0.2) is 42.7 Å². The van der Waals surface area contributed by atoms with Crippen LogP contribution in [0.4, 0.5) is 5.95 Å². The molecular formula is C13H13N3O2. The van der Waals surface area contributed by atoms with E-state index in [9.17, 15) is 4.79 Å². The zero-order valence-corrected chi connectivity index (χ0v) is 9.96. The molecule has 0 aliphatic heterocycles. The summed E-state index contributed by atoms with van der Waals surface area (Å²) >= 11 is 0. The highest BCUT2D eigenvalue weighted by Gasteiger charge is 2.05. The maximum Gasteiger partial charge on any atom is 0.231 e. The molecule has 1 amide bonds. The molecule has 0 atom stereocenters. The third-order valence-electron chi connectivity index (χ3n) is 2.34. The summed E-state index contributed by atoms with van der Waals surface area (Å²) in [5, 5.41) is 2.63. The van der Waals surface area contributed by atoms with Gasteiger partial charge in [0.15, 0.2) is 0 Å². The molecule has 18 heavy (non-hydrogen) atoms. The lowest BCUT2D eigenvalue weighted by Gasteiger charge is -2.04. The predicted octanol–water partition coefficient (Wildman–Crippen LogP) is 1.67. The molecule has 0 unspecified atom stereocenters. The van der Waals surface area contributed by atoms with Crippen LogP contribution in [-0.4, -0.2) is 23.0 Å². The molecule has 0 spiro atoms. The third-order valence-corrected chi connectivity index (χ3v) is 2.34. The van der Waals surface area contributed by atoms with Gasteiger partial charge in [-0.25, -0.2) is 9.97 Å². The average molecular weight is 243 g/mol. The second-order valence-corrected chi connectivity index (χ2v) is 3.65. The fourth-order valence-electron chi connectivity index (χ4n) is 1.46. The predicted molar refractivity (Wildman–Crippen MR) is 67.4 cm³/mol. The fraction of sp³-hybridized carbons (Fsp3) is 0.154. The summed E-state index contributed by atoms with van der Waals surface area (Å²) in [7, 11) is 1.61. The van der Waals surface area contributed by atoms with Gasteiger partial charge in [0.1, 0.15) is 5.75 Å². The second kappa shape index (κ2) is 5.77. The number of benzene rings is 1. The van der Waals surface area contributed by atoms with E-state index >= 15 is 0 Å². The molecule has 0 fully saturated rings. The summed E-state index contributed by atoms with van der Waals surface area (Å²) < 4.78 is 5.05. The molecule has 0 aliphatic rings. The lowest BCUT2D eigenvalue weighted by atomic mass is 10.1. The van der Waals surface area contributed by atoms with Gasteiger partial charge in [0.25, 0.3) is 0 Å². The monoisotopic (exact) mass is 243 g/mol. The highest BCUT2D eigenvalue weighted by molar-refractivity contribution is 5.90. The number of nitrogens with one attached hydrogen (secondary N) is 1. The van der Waals surface area contributed by atoms with Crippen molar-refractivity contribution in [3.63, 3.8) is 0 Å². The van der Waals surface area contributed by atoms with E-state index in [0.717, 1.165) is 11.3 Å². The molecule has 1 heterocycles. The van der Waals surface area contributed by atoms with E-state index in [2.05, 4.69) is 15.3 Å². The first-order chi connectivity index (χ1) is 8.78. The Morgan fingerprint density at radius 3 is 2.50 bits per heavy atom. The minimum atomic E-state index is -0.147. The Balaban J connectivity index is 1.94. The van der Waals surface area contributed by atoms with Crippen LogP contribution in [0.5, 0.6) is 5.75 Å². The number of rotatable bonds is 4. The van der Waals surface area contributed by atoms with Gasteiger partial charge in [-0.2, -0.15) is 0 Å². The van der Waals surface area contributed by atoms with Crippen LogP contribution in [0, 0.1) is 0 Å². The molecule has 92 valence electrons. The SMILES string of the molecule is COc1ccc(CC(=O)Nc2ncccn2)cc1. The van der Waals surface area contributed by atoms with Crippen LogP contribution in [-0.2, 0) is 11.2 Å². The summed E-state index contributed by atoms with van der Waals surface area (Å²) in [6.07, 6.45) is 3.44. The summed E-state index contributed by atoms with van der Waals surface area (Å²) in [6, 6.07) is 9.04. The van der Waals surface area contributed by atoms with Crippen LogP contribution in [0.2, 0.25) is 0 Å². The van der Waals surface area contributed by atoms with E-state index in [0.29, 0.717) is 5.95 Å². The summed E-state index contributed by atoms with van der Waals surface area (Å²) in [6.45, 7) is 0. The molecule has 5 nitrogen and oxygen atoms in total. The molecular weight excluding hydrogens is 230 g/mol. The Morgan fingerprint density at radius 1 is 1.22 bits per heavy atom. The molecule has 1 aromatic heterocycles. The lowest BCUT2D eigenvalue weighted by Crippen LogP contribution is -2.16. The highest BCUT2D eigenvalue weighted by atomic mass is 16.5. The van der Waals surface area contributed by atoms with Crippen LogP contribution in [0.3, 0.4) is 0 Å². The maximum atomic E-state index is 11.7. The zero-order valence-electron chi connectivity index (χ0n) is 9.96. The summed E-state index contributed by atoms with van der Waals surface area (Å²) in [5.41, 5.74) is 0.907. The molecule has 2 rings (SSSR count). The molecule has 0 saturated carbocycles. The Bertz CT molecular complexity index is 512. The Morgan fingerprint density at radius 2 is 1.89 bits per heavy atom. The molecule has 1 aromatic carbocycles. The second-order valence-electron chi connectivity index (χ2n) is 3.65. The minimum Gasteiger partial charge on any atom is -0.497 e. The number of anilines is 1. The smallest absolute Gasteiger partial charge is 0.231 e. The number of aromatic nitrogens is 2. The van der Waals surface area contributed by atoms with Gasteiger partial charge in [-0.1, -0.05) is 12.1 Å². The number of carbonyl (C=O) groups excluding carboxylic acids is 1. The van der Waals surface area contributed by atoms with Crippen molar-refractivity contribution in [2.45, 2.75) is 6.42 Å². The van der Waals surface area contributed by atoms with Gasteiger partial charge in [0.05, 0.1) is 13.5 Å². The number of ether oxygens (including phenoxy) is 1. The van der Waals surface area contributed by atoms with Gasteiger partial charge in [0.2, 0.25) is 11.9 Å². The molecule has 0 bridgehead atoms. The van der Waals surface area contributed by atoms with E-state index in [-0.39, 0.29) is 12.3 Å². The standard InChI is InChI=1S/C13H13N3O2/c1-18-11-5-3-10(4-6-11)9-12(17)16-13-14-7-2-8-15-13/h2-8H,9H2,1H3,(H,14,15,16,17). The Kier molecular flexibility index (Phi) is 3.86. The Labute approximate surface area is 105 Å². The normalized spacial score (nSPS) is 9.83. The van der Waals surface area contributed by atoms with Crippen molar-refractivity contribution in [3.05, 3.63) is 48.3 Å². The fourth-order valence-corrected chi connectivity index (χ4v) is 1.46. The molecule has 2 aromatic rings. The van der Waals surface area contributed by atoms with Crippen molar-refractivity contribution in [3.8, 4) is 5.75 Å². The molecule has 1 N–H and O–H groups in total. The van der Waals surface area contributed by atoms with Gasteiger partial charge in [0, 0.05) is 12.4 Å². The Hall–Kier alpha value is -2.43. The van der Waals surface area contributed by atoms with Crippen LogP contribution in [0.1, 0.15) is 5.56 Å². The number of methoxy groups -OCH3 is 1. The van der Waals surface area contributed by atoms with E-state index in [1.165, 1.54) is 0 Å². The van der Waals surface area contributed by atoms with Gasteiger partial charge < -0.3 is 4.74 Å². The number of hydrogen-bond acceptors (Lipinski definition) is 4. The zero-order chi connectivity index (χ0) is 12.8.